The zero-order valence-electron chi connectivity index (χ0n) is 9.67. The largest absolute Gasteiger partial charge is 0.475 e. The van der Waals surface area contributed by atoms with Crippen molar-refractivity contribution in [3.8, 4) is 0 Å². The van der Waals surface area contributed by atoms with Crippen molar-refractivity contribution in [1.29, 1.82) is 0 Å². The topological polar surface area (TPSA) is 65.0 Å². The third-order valence-electron chi connectivity index (χ3n) is 2.13. The molecule has 0 aromatic rings. The fourth-order valence-electron chi connectivity index (χ4n) is 1.45. The van der Waals surface area contributed by atoms with Crippen molar-refractivity contribution in [3.05, 3.63) is 12.2 Å². The molecule has 2 atom stereocenters. The van der Waals surface area contributed by atoms with E-state index in [1.807, 2.05) is 0 Å². The number of rotatable bonds is 6. The van der Waals surface area contributed by atoms with E-state index in [9.17, 15) is 9.67 Å². The summed E-state index contributed by atoms with van der Waals surface area (Å²) in [6.45, 7) is 4.01. The van der Waals surface area contributed by atoms with Gasteiger partial charge in [0.25, 0.3) is 0 Å². The SMILES string of the molecule is CCOP(=O)(OCC)O[C@@H]1C=C[C@H](O)CC1. The van der Waals surface area contributed by atoms with E-state index in [1.54, 1.807) is 26.0 Å². The van der Waals surface area contributed by atoms with Crippen LogP contribution in [0.1, 0.15) is 26.7 Å². The van der Waals surface area contributed by atoms with Crippen LogP contribution in [0.2, 0.25) is 0 Å². The van der Waals surface area contributed by atoms with Gasteiger partial charge in [-0.3, -0.25) is 13.6 Å². The van der Waals surface area contributed by atoms with Crippen molar-refractivity contribution in [2.45, 2.75) is 38.9 Å². The molecule has 1 aliphatic carbocycles. The zero-order valence-corrected chi connectivity index (χ0v) is 10.6. The molecule has 0 aliphatic heterocycles. The van der Waals surface area contributed by atoms with Crippen LogP contribution < -0.4 is 0 Å². The third kappa shape index (κ3) is 4.36. The highest BCUT2D eigenvalue weighted by atomic mass is 31.2. The van der Waals surface area contributed by atoms with E-state index in [-0.39, 0.29) is 19.3 Å². The van der Waals surface area contributed by atoms with Gasteiger partial charge in [-0.15, -0.1) is 0 Å². The lowest BCUT2D eigenvalue weighted by molar-refractivity contribution is 0.0850. The van der Waals surface area contributed by atoms with Crippen molar-refractivity contribution in [2.24, 2.45) is 0 Å². The summed E-state index contributed by atoms with van der Waals surface area (Å²) >= 11 is 0. The molecular weight excluding hydrogens is 231 g/mol. The lowest BCUT2D eigenvalue weighted by Gasteiger charge is -2.24. The number of aliphatic hydroxyl groups is 1. The van der Waals surface area contributed by atoms with Crippen molar-refractivity contribution in [3.63, 3.8) is 0 Å². The van der Waals surface area contributed by atoms with Gasteiger partial charge < -0.3 is 5.11 Å². The van der Waals surface area contributed by atoms with Crippen LogP contribution in [0.3, 0.4) is 0 Å². The van der Waals surface area contributed by atoms with Gasteiger partial charge in [-0.05, 0) is 26.7 Å². The Morgan fingerprint density at radius 1 is 1.25 bits per heavy atom. The number of hydrogen-bond donors (Lipinski definition) is 1. The van der Waals surface area contributed by atoms with Gasteiger partial charge in [0, 0.05) is 0 Å². The van der Waals surface area contributed by atoms with Crippen LogP contribution in [0.15, 0.2) is 12.2 Å². The van der Waals surface area contributed by atoms with Gasteiger partial charge in [-0.2, -0.15) is 0 Å². The van der Waals surface area contributed by atoms with Crippen LogP contribution >= 0.6 is 7.82 Å². The van der Waals surface area contributed by atoms with E-state index >= 15 is 0 Å². The minimum Gasteiger partial charge on any atom is -0.389 e. The van der Waals surface area contributed by atoms with Crippen LogP contribution in [-0.4, -0.2) is 30.5 Å². The van der Waals surface area contributed by atoms with Gasteiger partial charge >= 0.3 is 7.82 Å². The molecule has 0 spiro atoms. The van der Waals surface area contributed by atoms with Gasteiger partial charge in [-0.1, -0.05) is 12.2 Å². The number of phosphoric ester groups is 1. The van der Waals surface area contributed by atoms with Gasteiger partial charge in [0.1, 0.15) is 0 Å². The Hall–Kier alpha value is -0.190. The second kappa shape index (κ2) is 6.52. The molecule has 94 valence electrons. The Morgan fingerprint density at radius 2 is 1.88 bits per heavy atom. The summed E-state index contributed by atoms with van der Waals surface area (Å²) < 4.78 is 27.3. The zero-order chi connectivity index (χ0) is 12.0. The number of aliphatic hydroxyl groups excluding tert-OH is 1. The molecule has 0 saturated carbocycles. The van der Waals surface area contributed by atoms with Gasteiger partial charge in [0.2, 0.25) is 0 Å². The van der Waals surface area contributed by atoms with Gasteiger partial charge in [0.15, 0.2) is 0 Å². The second-order valence-corrected chi connectivity index (χ2v) is 5.08. The summed E-state index contributed by atoms with van der Waals surface area (Å²) in [6, 6.07) is 0. The molecule has 0 aromatic heterocycles. The smallest absolute Gasteiger partial charge is 0.389 e. The highest BCUT2D eigenvalue weighted by Gasteiger charge is 2.30. The monoisotopic (exact) mass is 250 g/mol. The normalized spacial score (nSPS) is 25.9. The molecule has 0 bridgehead atoms. The lowest BCUT2D eigenvalue weighted by atomic mass is 10.0. The Balaban J connectivity index is 2.55. The number of phosphoric acid groups is 1. The maximum absolute atomic E-state index is 12.0. The molecule has 0 radical (unpaired) electrons. The molecular formula is C10H19O5P. The Morgan fingerprint density at radius 3 is 2.31 bits per heavy atom. The van der Waals surface area contributed by atoms with E-state index in [0.29, 0.717) is 12.8 Å². The first-order valence-corrected chi connectivity index (χ1v) is 6.99. The average Bonchev–Trinajstić information content (AvgIpc) is 2.22. The molecule has 0 amide bonds. The van der Waals surface area contributed by atoms with E-state index in [4.69, 9.17) is 13.6 Å². The summed E-state index contributed by atoms with van der Waals surface area (Å²) in [6.07, 6.45) is 3.79. The molecule has 6 heteroatoms. The Kier molecular flexibility index (Phi) is 5.66. The minimum absolute atomic E-state index is 0.274. The molecule has 0 unspecified atom stereocenters. The van der Waals surface area contributed by atoms with Crippen LogP contribution in [0, 0.1) is 0 Å². The van der Waals surface area contributed by atoms with Crippen molar-refractivity contribution < 1.29 is 23.2 Å². The molecule has 5 nitrogen and oxygen atoms in total. The van der Waals surface area contributed by atoms with E-state index in [2.05, 4.69) is 0 Å². The van der Waals surface area contributed by atoms with Gasteiger partial charge in [-0.25, -0.2) is 4.57 Å². The predicted octanol–water partition coefficient (Wildman–Crippen LogP) is 2.26. The van der Waals surface area contributed by atoms with Crippen LogP contribution in [0.25, 0.3) is 0 Å². The molecule has 1 N–H and O–H groups in total. The van der Waals surface area contributed by atoms with Crippen molar-refractivity contribution in [2.75, 3.05) is 13.2 Å². The first-order valence-electron chi connectivity index (χ1n) is 5.53. The fraction of sp³-hybridized carbons (Fsp3) is 0.800. The van der Waals surface area contributed by atoms with Crippen molar-refractivity contribution in [1.82, 2.24) is 0 Å². The maximum Gasteiger partial charge on any atom is 0.475 e. The second-order valence-electron chi connectivity index (χ2n) is 3.46. The Labute approximate surface area is 96.0 Å². The average molecular weight is 250 g/mol. The van der Waals surface area contributed by atoms with Crippen molar-refractivity contribution >= 4 is 7.82 Å². The number of hydrogen-bond acceptors (Lipinski definition) is 5. The molecule has 0 heterocycles. The van der Waals surface area contributed by atoms with Crippen LogP contribution in [0.4, 0.5) is 0 Å². The third-order valence-corrected chi connectivity index (χ3v) is 3.81. The first-order chi connectivity index (χ1) is 7.59. The predicted molar refractivity (Wildman–Crippen MR) is 60.1 cm³/mol. The summed E-state index contributed by atoms with van der Waals surface area (Å²) in [5.74, 6) is 0. The molecule has 16 heavy (non-hydrogen) atoms. The van der Waals surface area contributed by atoms with E-state index in [1.165, 1.54) is 0 Å². The fourth-order valence-corrected chi connectivity index (χ4v) is 2.78. The molecule has 0 fully saturated rings. The Bertz CT molecular complexity index is 268. The first kappa shape index (κ1) is 13.9. The summed E-state index contributed by atoms with van der Waals surface area (Å²) in [4.78, 5) is 0. The van der Waals surface area contributed by atoms with Gasteiger partial charge in [0.05, 0.1) is 25.4 Å². The maximum atomic E-state index is 12.0. The molecule has 0 aromatic carbocycles. The highest BCUT2D eigenvalue weighted by molar-refractivity contribution is 7.48. The van der Waals surface area contributed by atoms with E-state index in [0.717, 1.165) is 0 Å². The quantitative estimate of drug-likeness (QED) is 0.578. The minimum atomic E-state index is -3.44. The van der Waals surface area contributed by atoms with Crippen LogP contribution in [-0.2, 0) is 18.1 Å². The lowest BCUT2D eigenvalue weighted by Crippen LogP contribution is -2.19. The summed E-state index contributed by atoms with van der Waals surface area (Å²) in [5.41, 5.74) is 0. The standard InChI is InChI=1S/C10H19O5P/c1-3-13-16(12,14-4-2)15-10-7-5-9(11)6-8-10/h5,7,9-11H,3-4,6,8H2,1-2H3/t9-,10+/m0/s1. The highest BCUT2D eigenvalue weighted by Crippen LogP contribution is 2.51. The summed E-state index contributed by atoms with van der Waals surface area (Å²) in [7, 11) is -3.44. The molecule has 1 rings (SSSR count). The van der Waals surface area contributed by atoms with E-state index < -0.39 is 13.9 Å². The molecule has 0 saturated heterocycles. The van der Waals surface area contributed by atoms with Crippen LogP contribution in [0.5, 0.6) is 0 Å². The molecule has 1 aliphatic rings. The summed E-state index contributed by atoms with van der Waals surface area (Å²) in [5, 5.41) is 9.26.